The van der Waals surface area contributed by atoms with Crippen LogP contribution in [0.5, 0.6) is 5.75 Å². The number of hydrogen-bond acceptors (Lipinski definition) is 6. The molecule has 3 rings (SSSR count). The summed E-state index contributed by atoms with van der Waals surface area (Å²) in [5, 5.41) is 13.5. The van der Waals surface area contributed by atoms with Crippen molar-refractivity contribution in [1.29, 1.82) is 0 Å². The number of hydrogen-bond donors (Lipinski definition) is 2. The van der Waals surface area contributed by atoms with Crippen LogP contribution < -0.4 is 10.1 Å². The van der Waals surface area contributed by atoms with Gasteiger partial charge in [-0.1, -0.05) is 12.1 Å². The van der Waals surface area contributed by atoms with Crippen LogP contribution in [0.4, 0.5) is 5.82 Å². The molecule has 1 aromatic heterocycles. The Bertz CT molecular complexity index is 744. The van der Waals surface area contributed by atoms with E-state index in [-0.39, 0.29) is 5.56 Å². The summed E-state index contributed by atoms with van der Waals surface area (Å²) >= 11 is 0. The highest BCUT2D eigenvalue weighted by Crippen LogP contribution is 2.33. The zero-order chi connectivity index (χ0) is 17.6. The quantitative estimate of drug-likeness (QED) is 0.743. The molecule has 0 spiro atoms. The summed E-state index contributed by atoms with van der Waals surface area (Å²) in [4.78, 5) is 18.6. The standard InChI is InChI=1S/C18H23N3O4/c1-24-16-13-5-2-3-6-14(13)20-17(15(16)18(22)23)19-7-4-8-21-9-11-25-12-10-21/h2-3,5-6H,4,7-12H2,1H3,(H,19,20)(H,22,23). The molecule has 2 N–H and O–H groups in total. The Kier molecular flexibility index (Phi) is 5.67. The van der Waals surface area contributed by atoms with Crippen molar-refractivity contribution in [2.24, 2.45) is 0 Å². The van der Waals surface area contributed by atoms with Crippen molar-refractivity contribution < 1.29 is 19.4 Å². The number of methoxy groups -OCH3 is 1. The second-order valence-electron chi connectivity index (χ2n) is 5.93. The maximum atomic E-state index is 11.7. The number of nitrogens with one attached hydrogen (secondary N) is 1. The van der Waals surface area contributed by atoms with E-state index < -0.39 is 5.97 Å². The summed E-state index contributed by atoms with van der Waals surface area (Å²) in [6.45, 7) is 5.04. The van der Waals surface area contributed by atoms with E-state index in [1.165, 1.54) is 7.11 Å². The Morgan fingerprint density at radius 1 is 1.36 bits per heavy atom. The highest BCUT2D eigenvalue weighted by Gasteiger charge is 2.21. The van der Waals surface area contributed by atoms with E-state index in [1.54, 1.807) is 0 Å². The van der Waals surface area contributed by atoms with Crippen LogP contribution >= 0.6 is 0 Å². The van der Waals surface area contributed by atoms with Crippen molar-refractivity contribution in [3.8, 4) is 5.75 Å². The molecule has 1 aliphatic rings. The second-order valence-corrected chi connectivity index (χ2v) is 5.93. The lowest BCUT2D eigenvalue weighted by molar-refractivity contribution is 0.0378. The first kappa shape index (κ1) is 17.4. The zero-order valence-electron chi connectivity index (χ0n) is 14.3. The van der Waals surface area contributed by atoms with E-state index >= 15 is 0 Å². The van der Waals surface area contributed by atoms with E-state index in [0.29, 0.717) is 29.0 Å². The van der Waals surface area contributed by atoms with Gasteiger partial charge in [-0.15, -0.1) is 0 Å². The molecule has 0 atom stereocenters. The smallest absolute Gasteiger partial charge is 0.343 e. The number of carbonyl (C=O) groups is 1. The van der Waals surface area contributed by atoms with Crippen molar-refractivity contribution in [1.82, 2.24) is 9.88 Å². The minimum absolute atomic E-state index is 0.0765. The third-order valence-electron chi connectivity index (χ3n) is 4.31. The number of rotatable bonds is 7. The largest absolute Gasteiger partial charge is 0.495 e. The van der Waals surface area contributed by atoms with Crippen molar-refractivity contribution in [3.05, 3.63) is 29.8 Å². The van der Waals surface area contributed by atoms with Gasteiger partial charge in [0.25, 0.3) is 0 Å². The highest BCUT2D eigenvalue weighted by molar-refractivity contribution is 6.03. The summed E-state index contributed by atoms with van der Waals surface area (Å²) in [6.07, 6.45) is 0.899. The number of pyridine rings is 1. The van der Waals surface area contributed by atoms with Crippen molar-refractivity contribution in [3.63, 3.8) is 0 Å². The molecular weight excluding hydrogens is 322 g/mol. The van der Waals surface area contributed by atoms with Gasteiger partial charge >= 0.3 is 5.97 Å². The average molecular weight is 345 g/mol. The van der Waals surface area contributed by atoms with Gasteiger partial charge in [0.15, 0.2) is 0 Å². The Morgan fingerprint density at radius 3 is 2.84 bits per heavy atom. The molecule has 0 aliphatic carbocycles. The molecule has 0 unspecified atom stereocenters. The van der Waals surface area contributed by atoms with Crippen LogP contribution in [-0.4, -0.2) is 67.5 Å². The normalized spacial score (nSPS) is 15.2. The molecule has 2 heterocycles. The number of carboxylic acid groups (broad SMARTS) is 1. The van der Waals surface area contributed by atoms with Crippen molar-refractivity contribution >= 4 is 22.7 Å². The number of benzene rings is 1. The minimum atomic E-state index is -1.05. The monoisotopic (exact) mass is 345 g/mol. The predicted octanol–water partition coefficient (Wildman–Crippen LogP) is 2.08. The fourth-order valence-electron chi connectivity index (χ4n) is 3.05. The molecule has 7 nitrogen and oxygen atoms in total. The number of carboxylic acids is 1. The molecule has 2 aromatic rings. The summed E-state index contributed by atoms with van der Waals surface area (Å²) < 4.78 is 10.7. The van der Waals surface area contributed by atoms with E-state index in [1.807, 2.05) is 24.3 Å². The number of morpholine rings is 1. The molecule has 25 heavy (non-hydrogen) atoms. The second kappa shape index (κ2) is 8.13. The van der Waals surface area contributed by atoms with Crippen LogP contribution in [0.25, 0.3) is 10.9 Å². The molecule has 0 saturated carbocycles. The molecule has 1 fully saturated rings. The van der Waals surface area contributed by atoms with Gasteiger partial charge in [0.05, 0.1) is 25.8 Å². The van der Waals surface area contributed by atoms with Crippen LogP contribution in [-0.2, 0) is 4.74 Å². The zero-order valence-corrected chi connectivity index (χ0v) is 14.3. The summed E-state index contributed by atoms with van der Waals surface area (Å²) in [7, 11) is 1.48. The lowest BCUT2D eigenvalue weighted by Crippen LogP contribution is -2.37. The van der Waals surface area contributed by atoms with Gasteiger partial charge in [-0.25, -0.2) is 9.78 Å². The molecule has 0 radical (unpaired) electrons. The minimum Gasteiger partial charge on any atom is -0.495 e. The molecule has 1 aliphatic heterocycles. The topological polar surface area (TPSA) is 83.9 Å². The van der Waals surface area contributed by atoms with E-state index in [0.717, 1.165) is 39.3 Å². The SMILES string of the molecule is COc1c(C(=O)O)c(NCCCN2CCOCC2)nc2ccccc12. The van der Waals surface area contributed by atoms with Crippen molar-refractivity contribution in [2.45, 2.75) is 6.42 Å². The Balaban J connectivity index is 1.75. The lowest BCUT2D eigenvalue weighted by Gasteiger charge is -2.26. The van der Waals surface area contributed by atoms with Crippen LogP contribution in [0.1, 0.15) is 16.8 Å². The van der Waals surface area contributed by atoms with E-state index in [4.69, 9.17) is 9.47 Å². The average Bonchev–Trinajstić information content (AvgIpc) is 2.64. The first-order valence-electron chi connectivity index (χ1n) is 8.44. The third kappa shape index (κ3) is 4.00. The first-order chi connectivity index (χ1) is 12.2. The number of fused-ring (bicyclic) bond motifs is 1. The Morgan fingerprint density at radius 2 is 2.12 bits per heavy atom. The van der Waals surface area contributed by atoms with Gasteiger partial charge in [-0.3, -0.25) is 4.90 Å². The fourth-order valence-corrected chi connectivity index (χ4v) is 3.05. The van der Waals surface area contributed by atoms with Gasteiger partial charge < -0.3 is 19.9 Å². The maximum absolute atomic E-state index is 11.7. The van der Waals surface area contributed by atoms with Gasteiger partial charge in [0.2, 0.25) is 0 Å². The summed E-state index contributed by atoms with van der Waals surface area (Å²) in [5.41, 5.74) is 0.785. The molecule has 0 amide bonds. The van der Waals surface area contributed by atoms with Gasteiger partial charge in [-0.2, -0.15) is 0 Å². The number of aromatic carboxylic acids is 1. The van der Waals surface area contributed by atoms with Crippen molar-refractivity contribution in [2.75, 3.05) is 51.8 Å². The van der Waals surface area contributed by atoms with Crippen LogP contribution in [0.15, 0.2) is 24.3 Å². The summed E-state index contributed by atoms with van der Waals surface area (Å²) in [5.74, 6) is -0.357. The molecule has 1 aromatic carbocycles. The molecule has 134 valence electrons. The third-order valence-corrected chi connectivity index (χ3v) is 4.31. The molecule has 0 bridgehead atoms. The molecule has 7 heteroatoms. The maximum Gasteiger partial charge on any atom is 0.343 e. The lowest BCUT2D eigenvalue weighted by atomic mass is 10.1. The highest BCUT2D eigenvalue weighted by atomic mass is 16.5. The van der Waals surface area contributed by atoms with Gasteiger partial charge in [0, 0.05) is 25.0 Å². The van der Waals surface area contributed by atoms with Crippen LogP contribution in [0.3, 0.4) is 0 Å². The first-order valence-corrected chi connectivity index (χ1v) is 8.44. The van der Waals surface area contributed by atoms with E-state index in [9.17, 15) is 9.90 Å². The summed E-state index contributed by atoms with van der Waals surface area (Å²) in [6, 6.07) is 7.38. The fraction of sp³-hybridized carbons (Fsp3) is 0.444. The van der Waals surface area contributed by atoms with Gasteiger partial charge in [-0.05, 0) is 25.1 Å². The van der Waals surface area contributed by atoms with E-state index in [2.05, 4.69) is 15.2 Å². The predicted molar refractivity (Wildman–Crippen MR) is 95.6 cm³/mol. The van der Waals surface area contributed by atoms with Crippen LogP contribution in [0.2, 0.25) is 0 Å². The molecule has 1 saturated heterocycles. The van der Waals surface area contributed by atoms with Crippen LogP contribution in [0, 0.1) is 0 Å². The molecular formula is C18H23N3O4. The number of para-hydroxylation sites is 1. The number of aromatic nitrogens is 1. The van der Waals surface area contributed by atoms with Gasteiger partial charge in [0.1, 0.15) is 17.1 Å². The number of nitrogens with zero attached hydrogens (tertiary/aromatic N) is 2. The Hall–Kier alpha value is -2.38. The Labute approximate surface area is 146 Å². The number of ether oxygens (including phenoxy) is 2. The number of anilines is 1.